The third kappa shape index (κ3) is 8.62. The summed E-state index contributed by atoms with van der Waals surface area (Å²) in [4.78, 5) is 24.2. The van der Waals surface area contributed by atoms with Crippen molar-refractivity contribution in [1.29, 1.82) is 0 Å². The van der Waals surface area contributed by atoms with Crippen LogP contribution in [0.2, 0.25) is 0 Å². The number of benzene rings is 1. The molecule has 1 N–H and O–H groups in total. The number of aromatic carboxylic acids is 1. The number of carbonyl (C=O) groups is 2. The van der Waals surface area contributed by atoms with E-state index in [-0.39, 0.29) is 15.1 Å². The maximum Gasteiger partial charge on any atom is 0.339 e. The Hall–Kier alpha value is -1.11. The van der Waals surface area contributed by atoms with Crippen LogP contribution in [0.25, 0.3) is 0 Å². The Morgan fingerprint density at radius 3 is 2.26 bits per heavy atom. The fourth-order valence-corrected chi connectivity index (χ4v) is 4.02. The molecule has 0 saturated heterocycles. The summed E-state index contributed by atoms with van der Waals surface area (Å²) in [7, 11) is 0. The number of halogens is 1. The van der Waals surface area contributed by atoms with Crippen molar-refractivity contribution in [2.75, 3.05) is 6.61 Å². The van der Waals surface area contributed by atoms with Crippen LogP contribution in [-0.2, 0) is 4.74 Å². The maximum atomic E-state index is 12.3. The highest BCUT2D eigenvalue weighted by Crippen LogP contribution is 2.33. The molecule has 0 amide bonds. The topological polar surface area (TPSA) is 63.6 Å². The van der Waals surface area contributed by atoms with Crippen molar-refractivity contribution < 1.29 is 19.4 Å². The zero-order valence-electron chi connectivity index (χ0n) is 16.6. The molecule has 0 aromatic heterocycles. The molecule has 4 nitrogen and oxygen atoms in total. The van der Waals surface area contributed by atoms with Crippen molar-refractivity contribution in [2.45, 2.75) is 82.0 Å². The van der Waals surface area contributed by atoms with E-state index in [1.165, 1.54) is 38.5 Å². The number of carbonyl (C=O) groups excluding carboxylic acids is 1. The third-order valence-corrected chi connectivity index (χ3v) is 5.95. The fraction of sp³-hybridized carbons (Fsp3) is 0.636. The monoisotopic (exact) mass is 488 g/mol. The first-order chi connectivity index (χ1) is 13.0. The van der Waals surface area contributed by atoms with Crippen molar-refractivity contribution in [1.82, 2.24) is 0 Å². The van der Waals surface area contributed by atoms with Gasteiger partial charge in [0, 0.05) is 3.92 Å². The van der Waals surface area contributed by atoms with Crippen molar-refractivity contribution in [2.24, 2.45) is 0 Å². The standard InChI is InChI=1S/C22H33IO4/c1-3-5-7-8-9-10-11-15-19(23)17-13-12-14-18(20(17)21(24)25)22(26)27-16-6-4-2/h12-14,19H,3-11,15-16H2,1-2H3,(H,24,25). The van der Waals surface area contributed by atoms with Crippen molar-refractivity contribution >= 4 is 34.5 Å². The summed E-state index contributed by atoms with van der Waals surface area (Å²) in [5, 5.41) is 9.70. The smallest absolute Gasteiger partial charge is 0.339 e. The SMILES string of the molecule is CCCCCCCCCC(I)c1cccc(C(=O)OCCCC)c1C(=O)O. The van der Waals surface area contributed by atoms with E-state index in [4.69, 9.17) is 4.74 Å². The van der Waals surface area contributed by atoms with Gasteiger partial charge in [0.2, 0.25) is 0 Å². The minimum atomic E-state index is -1.06. The number of unbranched alkanes of at least 4 members (excludes halogenated alkanes) is 7. The lowest BCUT2D eigenvalue weighted by Crippen LogP contribution is -2.15. The van der Waals surface area contributed by atoms with Crippen LogP contribution in [0, 0.1) is 0 Å². The van der Waals surface area contributed by atoms with Gasteiger partial charge in [-0.3, -0.25) is 0 Å². The van der Waals surface area contributed by atoms with Gasteiger partial charge in [-0.25, -0.2) is 9.59 Å². The number of carboxylic acids is 1. The second-order valence-electron chi connectivity index (χ2n) is 6.94. The summed E-state index contributed by atoms with van der Waals surface area (Å²) in [5.74, 6) is -1.60. The highest BCUT2D eigenvalue weighted by molar-refractivity contribution is 14.1. The number of ether oxygens (including phenoxy) is 1. The Labute approximate surface area is 177 Å². The van der Waals surface area contributed by atoms with Crippen molar-refractivity contribution in [3.63, 3.8) is 0 Å². The van der Waals surface area contributed by atoms with Crippen molar-refractivity contribution in [3.8, 4) is 0 Å². The van der Waals surface area contributed by atoms with Gasteiger partial charge in [-0.05, 0) is 24.5 Å². The first-order valence-electron chi connectivity index (χ1n) is 10.2. The molecule has 1 aromatic rings. The summed E-state index contributed by atoms with van der Waals surface area (Å²) in [5.41, 5.74) is 0.984. The molecule has 1 rings (SSSR count). The van der Waals surface area contributed by atoms with Gasteiger partial charge in [0.1, 0.15) is 0 Å². The number of rotatable bonds is 14. The normalized spacial score (nSPS) is 12.0. The first-order valence-corrected chi connectivity index (χ1v) is 11.4. The highest BCUT2D eigenvalue weighted by Gasteiger charge is 2.24. The van der Waals surface area contributed by atoms with Crippen LogP contribution in [0.5, 0.6) is 0 Å². The zero-order valence-corrected chi connectivity index (χ0v) is 18.8. The van der Waals surface area contributed by atoms with Crippen LogP contribution >= 0.6 is 22.6 Å². The lowest BCUT2D eigenvalue weighted by atomic mass is 9.96. The van der Waals surface area contributed by atoms with E-state index in [0.717, 1.165) is 31.2 Å². The molecule has 27 heavy (non-hydrogen) atoms. The number of esters is 1. The molecule has 1 aromatic carbocycles. The molecular formula is C22H33IO4. The molecule has 5 heteroatoms. The molecule has 0 bridgehead atoms. The Morgan fingerprint density at radius 2 is 1.63 bits per heavy atom. The molecule has 0 heterocycles. The number of alkyl halides is 1. The number of hydrogen-bond donors (Lipinski definition) is 1. The Bertz CT molecular complexity index is 586. The number of hydrogen-bond acceptors (Lipinski definition) is 3. The molecule has 0 aliphatic carbocycles. The van der Waals surface area contributed by atoms with Gasteiger partial charge in [-0.2, -0.15) is 0 Å². The average Bonchev–Trinajstić information content (AvgIpc) is 2.66. The van der Waals surface area contributed by atoms with Crippen LogP contribution in [0.3, 0.4) is 0 Å². The zero-order chi connectivity index (χ0) is 20.1. The minimum Gasteiger partial charge on any atom is -0.478 e. The van der Waals surface area contributed by atoms with E-state index < -0.39 is 11.9 Å². The third-order valence-electron chi connectivity index (χ3n) is 4.66. The van der Waals surface area contributed by atoms with Gasteiger partial charge in [0.15, 0.2) is 0 Å². The number of carboxylic acid groups (broad SMARTS) is 1. The predicted octanol–water partition coefficient (Wildman–Crippen LogP) is 6.96. The molecule has 1 unspecified atom stereocenters. The van der Waals surface area contributed by atoms with Crippen LogP contribution in [0.15, 0.2) is 18.2 Å². The average molecular weight is 488 g/mol. The van der Waals surface area contributed by atoms with Crippen molar-refractivity contribution in [3.05, 3.63) is 34.9 Å². The van der Waals surface area contributed by atoms with E-state index in [2.05, 4.69) is 29.5 Å². The fourth-order valence-electron chi connectivity index (χ4n) is 3.06. The molecule has 1 atom stereocenters. The largest absolute Gasteiger partial charge is 0.478 e. The molecule has 0 radical (unpaired) electrons. The summed E-state index contributed by atoms with van der Waals surface area (Å²) >= 11 is 2.30. The first kappa shape index (κ1) is 23.9. The van der Waals surface area contributed by atoms with E-state index in [9.17, 15) is 14.7 Å². The molecule has 0 aliphatic heterocycles. The Kier molecular flexibility index (Phi) is 12.4. The summed E-state index contributed by atoms with van der Waals surface area (Å²) in [6.45, 7) is 4.56. The molecule has 0 aliphatic rings. The lowest BCUT2D eigenvalue weighted by molar-refractivity contribution is 0.0489. The van der Waals surface area contributed by atoms with Crippen LogP contribution in [-0.4, -0.2) is 23.7 Å². The highest BCUT2D eigenvalue weighted by atomic mass is 127. The van der Waals surface area contributed by atoms with E-state index in [1.807, 2.05) is 13.0 Å². The second kappa shape index (κ2) is 14.0. The maximum absolute atomic E-state index is 12.3. The molecule has 152 valence electrons. The van der Waals surface area contributed by atoms with Crippen LogP contribution < -0.4 is 0 Å². The van der Waals surface area contributed by atoms with E-state index >= 15 is 0 Å². The predicted molar refractivity (Wildman–Crippen MR) is 118 cm³/mol. The van der Waals surface area contributed by atoms with Gasteiger partial charge in [0.25, 0.3) is 0 Å². The van der Waals surface area contributed by atoms with Gasteiger partial charge >= 0.3 is 11.9 Å². The van der Waals surface area contributed by atoms with E-state index in [0.29, 0.717) is 6.61 Å². The quantitative estimate of drug-likeness (QED) is 0.133. The second-order valence-corrected chi connectivity index (χ2v) is 8.45. The Balaban J connectivity index is 2.71. The molecule has 0 fully saturated rings. The summed E-state index contributed by atoms with van der Waals surface area (Å²) in [6.07, 6.45) is 11.2. The van der Waals surface area contributed by atoms with Gasteiger partial charge in [-0.1, -0.05) is 99.9 Å². The minimum absolute atomic E-state index is 0.0766. The molecular weight excluding hydrogens is 455 g/mol. The summed E-state index contributed by atoms with van der Waals surface area (Å²) < 4.78 is 5.31. The summed E-state index contributed by atoms with van der Waals surface area (Å²) in [6, 6.07) is 5.14. The molecule has 0 saturated carbocycles. The van der Waals surface area contributed by atoms with E-state index in [1.54, 1.807) is 12.1 Å². The van der Waals surface area contributed by atoms with Crippen LogP contribution in [0.4, 0.5) is 0 Å². The lowest BCUT2D eigenvalue weighted by Gasteiger charge is -2.16. The Morgan fingerprint density at radius 1 is 1.00 bits per heavy atom. The van der Waals surface area contributed by atoms with Gasteiger partial charge < -0.3 is 9.84 Å². The van der Waals surface area contributed by atoms with Gasteiger partial charge in [-0.15, -0.1) is 0 Å². The van der Waals surface area contributed by atoms with Crippen LogP contribution in [0.1, 0.15) is 108 Å². The molecule has 0 spiro atoms. The van der Waals surface area contributed by atoms with Gasteiger partial charge in [0.05, 0.1) is 17.7 Å².